The monoisotopic (exact) mass is 309 g/mol. The van der Waals surface area contributed by atoms with E-state index in [1.54, 1.807) is 12.1 Å². The zero-order chi connectivity index (χ0) is 15.4. The minimum absolute atomic E-state index is 0.272. The van der Waals surface area contributed by atoms with E-state index in [1.807, 2.05) is 0 Å². The van der Waals surface area contributed by atoms with Crippen LogP contribution in [0.3, 0.4) is 0 Å². The maximum atomic E-state index is 13.2. The Bertz CT molecular complexity index is 479. The molecule has 3 rings (SSSR count). The van der Waals surface area contributed by atoms with E-state index in [4.69, 9.17) is 9.47 Å². The van der Waals surface area contributed by atoms with Gasteiger partial charge in [0.15, 0.2) is 0 Å². The molecule has 22 heavy (non-hydrogen) atoms. The van der Waals surface area contributed by atoms with Crippen LogP contribution in [0.2, 0.25) is 0 Å². The third kappa shape index (κ3) is 3.97. The average Bonchev–Trinajstić information content (AvgIpc) is 2.71. The fraction of sp³-hybridized carbons (Fsp3) is 0.647. The number of hydrogen-bond acceptors (Lipinski definition) is 4. The van der Waals surface area contributed by atoms with Crippen molar-refractivity contribution in [1.82, 2.24) is 4.90 Å². The van der Waals surface area contributed by atoms with E-state index in [-0.39, 0.29) is 11.9 Å². The number of rotatable bonds is 3. The van der Waals surface area contributed by atoms with Gasteiger partial charge in [-0.15, -0.1) is 0 Å². The highest BCUT2D eigenvalue weighted by molar-refractivity contribution is 5.22. The van der Waals surface area contributed by atoms with Crippen molar-refractivity contribution in [3.63, 3.8) is 0 Å². The van der Waals surface area contributed by atoms with Gasteiger partial charge in [0.2, 0.25) is 0 Å². The van der Waals surface area contributed by atoms with Gasteiger partial charge in [-0.05, 0) is 37.8 Å². The minimum Gasteiger partial charge on any atom is -0.488 e. The Kier molecular flexibility index (Phi) is 5.28. The van der Waals surface area contributed by atoms with Crippen molar-refractivity contribution < 1.29 is 19.0 Å². The molecule has 2 heterocycles. The fourth-order valence-electron chi connectivity index (χ4n) is 3.35. The van der Waals surface area contributed by atoms with Crippen molar-refractivity contribution in [3.8, 4) is 5.75 Å². The maximum absolute atomic E-state index is 13.2. The number of halogens is 1. The molecule has 2 saturated heterocycles. The quantitative estimate of drug-likeness (QED) is 0.929. The van der Waals surface area contributed by atoms with E-state index >= 15 is 0 Å². The molecule has 4 nitrogen and oxygen atoms in total. The zero-order valence-electron chi connectivity index (χ0n) is 12.8. The third-order valence-corrected chi connectivity index (χ3v) is 4.63. The van der Waals surface area contributed by atoms with Gasteiger partial charge >= 0.3 is 0 Å². The van der Waals surface area contributed by atoms with Gasteiger partial charge < -0.3 is 14.6 Å². The lowest BCUT2D eigenvalue weighted by Gasteiger charge is -2.33. The summed E-state index contributed by atoms with van der Waals surface area (Å²) in [5, 5.41) is 10.3. The highest BCUT2D eigenvalue weighted by Gasteiger charge is 2.30. The van der Waals surface area contributed by atoms with Crippen molar-refractivity contribution in [2.75, 3.05) is 26.3 Å². The third-order valence-electron chi connectivity index (χ3n) is 4.63. The Balaban J connectivity index is 1.59. The topological polar surface area (TPSA) is 41.9 Å². The summed E-state index contributed by atoms with van der Waals surface area (Å²) in [7, 11) is 0. The zero-order valence-corrected chi connectivity index (χ0v) is 12.8. The molecule has 0 unspecified atom stereocenters. The van der Waals surface area contributed by atoms with Gasteiger partial charge in [-0.3, -0.25) is 4.90 Å². The van der Waals surface area contributed by atoms with Crippen LogP contribution in [0.1, 0.15) is 25.7 Å². The molecule has 2 atom stereocenters. The van der Waals surface area contributed by atoms with Crippen LogP contribution in [0, 0.1) is 5.82 Å². The first-order chi connectivity index (χ1) is 10.7. The van der Waals surface area contributed by atoms with Crippen molar-refractivity contribution in [1.29, 1.82) is 0 Å². The van der Waals surface area contributed by atoms with Gasteiger partial charge in [0.1, 0.15) is 17.7 Å². The van der Waals surface area contributed by atoms with Gasteiger partial charge in [0.25, 0.3) is 0 Å². The number of ether oxygens (including phenoxy) is 2. The number of benzene rings is 1. The lowest BCUT2D eigenvalue weighted by atomic mass is 10.1. The van der Waals surface area contributed by atoms with Crippen LogP contribution >= 0.6 is 0 Å². The van der Waals surface area contributed by atoms with Gasteiger partial charge in [-0.25, -0.2) is 4.39 Å². The summed E-state index contributed by atoms with van der Waals surface area (Å²) in [4.78, 5) is 2.45. The predicted molar refractivity (Wildman–Crippen MR) is 81.5 cm³/mol. The van der Waals surface area contributed by atoms with Crippen LogP contribution in [0.4, 0.5) is 4.39 Å². The van der Waals surface area contributed by atoms with Crippen molar-refractivity contribution >= 4 is 0 Å². The summed E-state index contributed by atoms with van der Waals surface area (Å²) >= 11 is 0. The molecule has 0 bridgehead atoms. The molecule has 122 valence electrons. The second kappa shape index (κ2) is 7.40. The summed E-state index contributed by atoms with van der Waals surface area (Å²) < 4.78 is 24.5. The van der Waals surface area contributed by atoms with Crippen molar-refractivity contribution in [2.24, 2.45) is 0 Å². The average molecular weight is 309 g/mol. The summed E-state index contributed by atoms with van der Waals surface area (Å²) in [5.74, 6) is 0.174. The molecule has 0 radical (unpaired) electrons. The normalized spacial score (nSPS) is 28.3. The lowest BCUT2D eigenvalue weighted by molar-refractivity contribution is 0.0332. The largest absolute Gasteiger partial charge is 0.488 e. The molecule has 2 aliphatic rings. The van der Waals surface area contributed by atoms with E-state index in [2.05, 4.69) is 4.90 Å². The van der Waals surface area contributed by atoms with E-state index in [1.165, 1.54) is 12.1 Å². The van der Waals surface area contributed by atoms with Crippen LogP contribution in [0.5, 0.6) is 5.75 Å². The number of aliphatic hydroxyl groups excluding tert-OH is 1. The van der Waals surface area contributed by atoms with Crippen molar-refractivity contribution in [3.05, 3.63) is 30.1 Å². The maximum Gasteiger partial charge on any atom is 0.126 e. The first kappa shape index (κ1) is 15.7. The highest BCUT2D eigenvalue weighted by atomic mass is 19.1. The van der Waals surface area contributed by atoms with Gasteiger partial charge in [0, 0.05) is 38.4 Å². The fourth-order valence-corrected chi connectivity index (χ4v) is 3.35. The SMILES string of the molecule is O[C@H]1CCN(C2CCOCC2)CC[C@@H]1Oc1cccc(F)c1. The molecule has 2 fully saturated rings. The molecule has 0 spiro atoms. The van der Waals surface area contributed by atoms with Crippen LogP contribution in [0.25, 0.3) is 0 Å². The second-order valence-corrected chi connectivity index (χ2v) is 6.14. The molecule has 5 heteroatoms. The molecule has 0 saturated carbocycles. The van der Waals surface area contributed by atoms with Gasteiger partial charge in [0.05, 0.1) is 6.10 Å². The summed E-state index contributed by atoms with van der Waals surface area (Å²) in [5.41, 5.74) is 0. The first-order valence-electron chi connectivity index (χ1n) is 8.14. The summed E-state index contributed by atoms with van der Waals surface area (Å²) in [6.45, 7) is 3.44. The van der Waals surface area contributed by atoms with Crippen molar-refractivity contribution in [2.45, 2.75) is 43.9 Å². The Morgan fingerprint density at radius 3 is 2.68 bits per heavy atom. The molecule has 1 aromatic rings. The predicted octanol–water partition coefficient (Wildman–Crippen LogP) is 2.21. The Labute approximate surface area is 130 Å². The van der Waals surface area contributed by atoms with E-state index in [0.29, 0.717) is 18.2 Å². The summed E-state index contributed by atoms with van der Waals surface area (Å²) in [6.07, 6.45) is 2.79. The van der Waals surface area contributed by atoms with Gasteiger partial charge in [-0.1, -0.05) is 6.07 Å². The van der Waals surface area contributed by atoms with E-state index in [0.717, 1.165) is 45.6 Å². The Morgan fingerprint density at radius 1 is 1.14 bits per heavy atom. The number of hydrogen-bond donors (Lipinski definition) is 1. The molecule has 2 aliphatic heterocycles. The molecule has 1 N–H and O–H groups in total. The van der Waals surface area contributed by atoms with Gasteiger partial charge in [-0.2, -0.15) is 0 Å². The van der Waals surface area contributed by atoms with E-state index in [9.17, 15) is 9.50 Å². The standard InChI is InChI=1S/C17H24FNO3/c18-13-2-1-3-15(12-13)22-17-5-9-19(8-4-16(17)20)14-6-10-21-11-7-14/h1-3,12,14,16-17,20H,4-11H2/t16-,17-/m0/s1. The van der Waals surface area contributed by atoms with Crippen LogP contribution in [-0.4, -0.2) is 54.6 Å². The molecule has 0 aliphatic carbocycles. The number of likely N-dealkylation sites (tertiary alicyclic amines) is 1. The number of aliphatic hydroxyl groups is 1. The minimum atomic E-state index is -0.506. The Hall–Kier alpha value is -1.17. The van der Waals surface area contributed by atoms with E-state index < -0.39 is 6.10 Å². The summed E-state index contributed by atoms with van der Waals surface area (Å²) in [6, 6.07) is 6.67. The number of nitrogens with zero attached hydrogens (tertiary/aromatic N) is 1. The smallest absolute Gasteiger partial charge is 0.126 e. The molecule has 1 aromatic carbocycles. The molecular formula is C17H24FNO3. The van der Waals surface area contributed by atoms with Crippen LogP contribution < -0.4 is 4.74 Å². The second-order valence-electron chi connectivity index (χ2n) is 6.14. The lowest BCUT2D eigenvalue weighted by Crippen LogP contribution is -2.40. The molecule has 0 amide bonds. The molecule has 0 aromatic heterocycles. The van der Waals surface area contributed by atoms with Crippen LogP contribution in [0.15, 0.2) is 24.3 Å². The molecular weight excluding hydrogens is 285 g/mol. The highest BCUT2D eigenvalue weighted by Crippen LogP contribution is 2.23. The first-order valence-corrected chi connectivity index (χ1v) is 8.14. The Morgan fingerprint density at radius 2 is 1.91 bits per heavy atom. The van der Waals surface area contributed by atoms with Crippen LogP contribution in [-0.2, 0) is 4.74 Å².